The average Bonchev–Trinajstić information content (AvgIpc) is 2.48. The third-order valence-corrected chi connectivity index (χ3v) is 4.91. The summed E-state index contributed by atoms with van der Waals surface area (Å²) in [6.07, 6.45) is 6.17. The lowest BCUT2D eigenvalue weighted by molar-refractivity contribution is 0.155. The van der Waals surface area contributed by atoms with E-state index in [9.17, 15) is 5.11 Å². The maximum Gasteiger partial charge on any atom is 0.115 e. The van der Waals surface area contributed by atoms with Crippen LogP contribution < -0.4 is 0 Å². The van der Waals surface area contributed by atoms with Gasteiger partial charge in [-0.2, -0.15) is 0 Å². The summed E-state index contributed by atoms with van der Waals surface area (Å²) in [6.45, 7) is 9.13. The summed E-state index contributed by atoms with van der Waals surface area (Å²) < 4.78 is 0. The topological polar surface area (TPSA) is 23.5 Å². The first kappa shape index (κ1) is 15.4. The summed E-state index contributed by atoms with van der Waals surface area (Å²) in [4.78, 5) is 2.62. The van der Waals surface area contributed by atoms with Crippen LogP contribution in [0.25, 0.3) is 0 Å². The number of rotatable bonds is 6. The number of hydrogen-bond donors (Lipinski definition) is 1. The van der Waals surface area contributed by atoms with Crippen molar-refractivity contribution in [1.29, 1.82) is 0 Å². The molecule has 1 aromatic carbocycles. The van der Waals surface area contributed by atoms with Crippen LogP contribution in [0.2, 0.25) is 0 Å². The molecule has 0 fully saturated rings. The fourth-order valence-electron chi connectivity index (χ4n) is 3.50. The Kier molecular flexibility index (Phi) is 5.47. The molecular formula is C18H29NO. The standard InChI is InChI=1S/C18H29NO/c1-4-14(5-2)13-19(6-3)18-9-7-8-15-10-11-16(20)12-17(15)18/h10-12,14,18,20H,4-9,13H2,1-3H3. The molecule has 20 heavy (non-hydrogen) atoms. The van der Waals surface area contributed by atoms with E-state index in [1.165, 1.54) is 43.4 Å². The Morgan fingerprint density at radius 1 is 1.25 bits per heavy atom. The lowest BCUT2D eigenvalue weighted by Gasteiger charge is -2.37. The Labute approximate surface area is 123 Å². The lowest BCUT2D eigenvalue weighted by atomic mass is 9.86. The first-order valence-electron chi connectivity index (χ1n) is 8.25. The number of fused-ring (bicyclic) bond motifs is 1. The molecule has 0 heterocycles. The fraction of sp³-hybridized carbons (Fsp3) is 0.667. The number of nitrogens with zero attached hydrogens (tertiary/aromatic N) is 1. The molecule has 2 nitrogen and oxygen atoms in total. The molecule has 0 aromatic heterocycles. The van der Waals surface area contributed by atoms with Crippen LogP contribution in [-0.2, 0) is 6.42 Å². The highest BCUT2D eigenvalue weighted by molar-refractivity contribution is 5.38. The predicted octanol–water partition coefficient (Wildman–Crippen LogP) is 4.53. The molecular weight excluding hydrogens is 246 g/mol. The zero-order valence-corrected chi connectivity index (χ0v) is 13.2. The fourth-order valence-corrected chi connectivity index (χ4v) is 3.50. The predicted molar refractivity (Wildman–Crippen MR) is 85.1 cm³/mol. The Hall–Kier alpha value is -1.02. The normalized spacial score (nSPS) is 18.6. The smallest absolute Gasteiger partial charge is 0.115 e. The molecule has 0 aliphatic heterocycles. The number of aromatic hydroxyl groups is 1. The molecule has 112 valence electrons. The van der Waals surface area contributed by atoms with E-state index >= 15 is 0 Å². The van der Waals surface area contributed by atoms with Gasteiger partial charge in [-0.15, -0.1) is 0 Å². The number of benzene rings is 1. The second-order valence-electron chi connectivity index (χ2n) is 6.06. The van der Waals surface area contributed by atoms with Crippen LogP contribution in [0.5, 0.6) is 5.75 Å². The van der Waals surface area contributed by atoms with Gasteiger partial charge in [0.2, 0.25) is 0 Å². The highest BCUT2D eigenvalue weighted by Gasteiger charge is 2.26. The van der Waals surface area contributed by atoms with Crippen molar-refractivity contribution < 1.29 is 5.11 Å². The molecule has 0 amide bonds. The van der Waals surface area contributed by atoms with E-state index in [4.69, 9.17) is 0 Å². The van der Waals surface area contributed by atoms with Crippen LogP contribution in [-0.4, -0.2) is 23.1 Å². The van der Waals surface area contributed by atoms with E-state index in [0.29, 0.717) is 11.8 Å². The number of aryl methyl sites for hydroxylation is 1. The van der Waals surface area contributed by atoms with Crippen LogP contribution in [0, 0.1) is 5.92 Å². The van der Waals surface area contributed by atoms with Gasteiger partial charge in [0.1, 0.15) is 5.75 Å². The van der Waals surface area contributed by atoms with Gasteiger partial charge in [-0.3, -0.25) is 4.90 Å². The summed E-state index contributed by atoms with van der Waals surface area (Å²) in [5.41, 5.74) is 2.80. The third-order valence-electron chi connectivity index (χ3n) is 4.91. The largest absolute Gasteiger partial charge is 0.508 e. The van der Waals surface area contributed by atoms with Gasteiger partial charge in [0, 0.05) is 12.6 Å². The Balaban J connectivity index is 2.21. The molecule has 1 aromatic rings. The Morgan fingerprint density at radius 2 is 2.00 bits per heavy atom. The summed E-state index contributed by atoms with van der Waals surface area (Å²) in [5.74, 6) is 1.20. The van der Waals surface area contributed by atoms with E-state index in [2.05, 4.69) is 31.7 Å². The monoisotopic (exact) mass is 275 g/mol. The van der Waals surface area contributed by atoms with Crippen molar-refractivity contribution in [1.82, 2.24) is 4.90 Å². The van der Waals surface area contributed by atoms with Crippen molar-refractivity contribution in [3.05, 3.63) is 29.3 Å². The van der Waals surface area contributed by atoms with E-state index in [1.54, 1.807) is 0 Å². The number of phenolic OH excluding ortho intramolecular Hbond substituents is 1. The summed E-state index contributed by atoms with van der Waals surface area (Å²) in [5, 5.41) is 9.82. The van der Waals surface area contributed by atoms with E-state index in [1.807, 2.05) is 12.1 Å². The average molecular weight is 275 g/mol. The highest BCUT2D eigenvalue weighted by Crippen LogP contribution is 2.36. The van der Waals surface area contributed by atoms with Crippen LogP contribution in [0.15, 0.2) is 18.2 Å². The van der Waals surface area contributed by atoms with Crippen molar-refractivity contribution in [2.45, 2.75) is 58.9 Å². The van der Waals surface area contributed by atoms with Crippen LogP contribution in [0.4, 0.5) is 0 Å². The van der Waals surface area contributed by atoms with Gasteiger partial charge in [0.25, 0.3) is 0 Å². The minimum atomic E-state index is 0.411. The molecule has 1 N–H and O–H groups in total. The molecule has 0 radical (unpaired) electrons. The maximum absolute atomic E-state index is 9.82. The van der Waals surface area contributed by atoms with Crippen LogP contribution >= 0.6 is 0 Å². The highest BCUT2D eigenvalue weighted by atomic mass is 16.3. The van der Waals surface area contributed by atoms with Crippen LogP contribution in [0.3, 0.4) is 0 Å². The first-order valence-corrected chi connectivity index (χ1v) is 8.25. The van der Waals surface area contributed by atoms with Crippen molar-refractivity contribution in [3.8, 4) is 5.75 Å². The Morgan fingerprint density at radius 3 is 2.65 bits per heavy atom. The SMILES string of the molecule is CCC(CC)CN(CC)C1CCCc2ccc(O)cc21. The molecule has 0 spiro atoms. The van der Waals surface area contributed by atoms with E-state index in [-0.39, 0.29) is 0 Å². The quantitative estimate of drug-likeness (QED) is 0.824. The number of hydrogen-bond acceptors (Lipinski definition) is 2. The molecule has 1 aliphatic rings. The molecule has 0 saturated carbocycles. The van der Waals surface area contributed by atoms with Gasteiger partial charge < -0.3 is 5.11 Å². The molecule has 1 atom stereocenters. The Bertz CT molecular complexity index is 425. The molecule has 0 bridgehead atoms. The molecule has 2 rings (SSSR count). The summed E-state index contributed by atoms with van der Waals surface area (Å²) in [7, 11) is 0. The van der Waals surface area contributed by atoms with Crippen LogP contribution in [0.1, 0.15) is 63.6 Å². The molecule has 0 saturated heterocycles. The lowest BCUT2D eigenvalue weighted by Crippen LogP contribution is -2.35. The number of phenols is 1. The van der Waals surface area contributed by atoms with Gasteiger partial charge in [0.05, 0.1) is 0 Å². The zero-order chi connectivity index (χ0) is 14.5. The van der Waals surface area contributed by atoms with Gasteiger partial charge in [-0.05, 0) is 55.0 Å². The van der Waals surface area contributed by atoms with Gasteiger partial charge in [-0.1, -0.05) is 39.7 Å². The summed E-state index contributed by atoms with van der Waals surface area (Å²) >= 11 is 0. The van der Waals surface area contributed by atoms with Gasteiger partial charge >= 0.3 is 0 Å². The minimum Gasteiger partial charge on any atom is -0.508 e. The second kappa shape index (κ2) is 7.12. The van der Waals surface area contributed by atoms with Crippen molar-refractivity contribution >= 4 is 0 Å². The van der Waals surface area contributed by atoms with E-state index in [0.717, 1.165) is 18.9 Å². The second-order valence-corrected chi connectivity index (χ2v) is 6.06. The van der Waals surface area contributed by atoms with E-state index < -0.39 is 0 Å². The molecule has 1 unspecified atom stereocenters. The van der Waals surface area contributed by atoms with Crippen molar-refractivity contribution in [2.24, 2.45) is 5.92 Å². The molecule has 2 heteroatoms. The zero-order valence-electron chi connectivity index (χ0n) is 13.2. The van der Waals surface area contributed by atoms with Crippen molar-refractivity contribution in [3.63, 3.8) is 0 Å². The maximum atomic E-state index is 9.82. The molecule has 1 aliphatic carbocycles. The van der Waals surface area contributed by atoms with Crippen molar-refractivity contribution in [2.75, 3.05) is 13.1 Å². The minimum absolute atomic E-state index is 0.411. The van der Waals surface area contributed by atoms with Gasteiger partial charge in [-0.25, -0.2) is 0 Å². The first-order chi connectivity index (χ1) is 9.69. The van der Waals surface area contributed by atoms with Gasteiger partial charge in [0.15, 0.2) is 0 Å². The summed E-state index contributed by atoms with van der Waals surface area (Å²) in [6, 6.07) is 6.44. The third kappa shape index (κ3) is 3.35.